The van der Waals surface area contributed by atoms with E-state index in [9.17, 15) is 0 Å². The van der Waals surface area contributed by atoms with Crippen molar-refractivity contribution in [2.45, 2.75) is 19.3 Å². The van der Waals surface area contributed by atoms with Crippen molar-refractivity contribution in [3.63, 3.8) is 0 Å². The highest BCUT2D eigenvalue weighted by Crippen LogP contribution is 2.53. The molecular formula is C117H74N8O2S. The highest BCUT2D eigenvalue weighted by molar-refractivity contribution is 7.27. The zero-order valence-electron chi connectivity index (χ0n) is 69.6. The number of aromatic nitrogens is 7. The third-order valence-corrected chi connectivity index (χ3v) is 27.0. The van der Waals surface area contributed by atoms with Gasteiger partial charge in [0.1, 0.15) is 22.3 Å². The molecule has 26 aromatic rings. The zero-order valence-corrected chi connectivity index (χ0v) is 70.4. The Morgan fingerprint density at radius 1 is 0.250 bits per heavy atom. The average Bonchev–Trinajstić information content (AvgIpc) is 1.58. The monoisotopic (exact) mass is 1650 g/mol. The van der Waals surface area contributed by atoms with Crippen LogP contribution in [0.15, 0.2) is 421 Å². The second kappa shape index (κ2) is 29.8. The summed E-state index contributed by atoms with van der Waals surface area (Å²) in [6.07, 6.45) is 0. The molecule has 600 valence electrons. The maximum Gasteiger partial charge on any atom is 0.235 e. The van der Waals surface area contributed by atoms with E-state index < -0.39 is 0 Å². The fourth-order valence-electron chi connectivity index (χ4n) is 19.6. The van der Waals surface area contributed by atoms with E-state index in [0.29, 0.717) is 11.9 Å². The van der Waals surface area contributed by atoms with Gasteiger partial charge in [0.25, 0.3) is 0 Å². The van der Waals surface area contributed by atoms with Gasteiger partial charge in [-0.05, 0) is 128 Å². The average molecular weight is 1660 g/mol. The summed E-state index contributed by atoms with van der Waals surface area (Å²) in [6.45, 7) is 4.59. The summed E-state index contributed by atoms with van der Waals surface area (Å²) < 4.78 is 17.8. The molecular weight excluding hydrogens is 1580 g/mol. The van der Waals surface area contributed by atoms with Crippen molar-refractivity contribution in [3.05, 3.63) is 424 Å². The molecule has 0 radical (unpaired) electrons. The summed E-state index contributed by atoms with van der Waals surface area (Å²) in [5.74, 6) is 2.02. The Labute approximate surface area is 738 Å². The van der Waals surface area contributed by atoms with Crippen molar-refractivity contribution in [1.82, 2.24) is 34.5 Å². The Morgan fingerprint density at radius 2 is 0.609 bits per heavy atom. The number of benzene rings is 19. The van der Waals surface area contributed by atoms with Gasteiger partial charge in [-0.3, -0.25) is 9.47 Å². The van der Waals surface area contributed by atoms with Crippen molar-refractivity contribution in [1.29, 1.82) is 0 Å². The van der Waals surface area contributed by atoms with Gasteiger partial charge in [-0.25, -0.2) is 29.9 Å². The van der Waals surface area contributed by atoms with Crippen molar-refractivity contribution < 1.29 is 8.83 Å². The Bertz CT molecular complexity index is 8870. The third-order valence-electron chi connectivity index (χ3n) is 25.8. The summed E-state index contributed by atoms with van der Waals surface area (Å²) >= 11 is 1.85. The fourth-order valence-corrected chi connectivity index (χ4v) is 20.9. The molecule has 0 saturated carbocycles. The Hall–Kier alpha value is -16.6. The van der Waals surface area contributed by atoms with Crippen LogP contribution < -0.4 is 4.90 Å². The second-order valence-corrected chi connectivity index (χ2v) is 34.5. The molecule has 27 rings (SSSR count). The highest BCUT2D eigenvalue weighted by atomic mass is 32.1. The largest absolute Gasteiger partial charge is 0.455 e. The molecule has 1 aliphatic rings. The molecule has 1 aliphatic heterocycles. The standard InChI is InChI=1S/C42H26N2S.C39H27N3O.C36H21N3O/c1-3-9-27(10-4-1)28-15-17-29(18-16-28)30-19-21-33(22-20-30)42-43-39(32-12-5-2-6-13-32)36-25-26-37-38(40(36)44-42)35-24-23-31-11-7-8-14-34(31)41(35)45-37;1-39(2)29-16-8-10-18-31(29)42(32-19-11-9-17-30(32)39)38-40-35(25-13-4-3-5-14-25)28-22-23-33-34(36(28)41-38)27-21-20-24-12-6-7-15-26(24)37(27)43-33;1-2-11-23(12-3-1)33-28-20-21-31-32(27-19-18-22-10-4-5-13-24(22)35(27)40-31)34(28)38-36(37-33)39-29-16-8-6-14-25(29)26-15-7-9-17-30(26)39/h1-26H;3-23H,1-2H3;1-21H. The van der Waals surface area contributed by atoms with E-state index in [2.05, 4.69) is 424 Å². The normalized spacial score (nSPS) is 12.5. The Balaban J connectivity index is 0.000000104. The molecule has 10 nitrogen and oxygen atoms in total. The second-order valence-electron chi connectivity index (χ2n) is 33.4. The first-order chi connectivity index (χ1) is 63.2. The summed E-state index contributed by atoms with van der Waals surface area (Å²) in [5, 5.41) is 19.1. The van der Waals surface area contributed by atoms with E-state index in [-0.39, 0.29) is 5.41 Å². The lowest BCUT2D eigenvalue weighted by molar-refractivity contribution is 0.631. The van der Waals surface area contributed by atoms with E-state index in [1.165, 1.54) is 75.1 Å². The van der Waals surface area contributed by atoms with Crippen LogP contribution in [-0.2, 0) is 5.41 Å². The molecule has 0 N–H and O–H groups in total. The molecule has 0 saturated heterocycles. The molecule has 0 aliphatic carbocycles. The molecule has 11 heteroatoms. The first-order valence-corrected chi connectivity index (χ1v) is 44.1. The molecule has 0 spiro atoms. The minimum Gasteiger partial charge on any atom is -0.455 e. The van der Waals surface area contributed by atoms with Crippen LogP contribution in [0.2, 0.25) is 0 Å². The maximum atomic E-state index is 6.57. The summed E-state index contributed by atoms with van der Waals surface area (Å²) in [7, 11) is 0. The molecule has 0 fully saturated rings. The van der Waals surface area contributed by atoms with Crippen LogP contribution in [0.1, 0.15) is 25.0 Å². The van der Waals surface area contributed by atoms with E-state index in [1.807, 2.05) is 23.5 Å². The van der Waals surface area contributed by atoms with Crippen LogP contribution in [0, 0.1) is 0 Å². The van der Waals surface area contributed by atoms with E-state index in [4.69, 9.17) is 38.7 Å². The summed E-state index contributed by atoms with van der Waals surface area (Å²) in [4.78, 5) is 34.1. The maximum absolute atomic E-state index is 6.57. The molecule has 19 aromatic carbocycles. The molecule has 0 bridgehead atoms. The predicted octanol–water partition coefficient (Wildman–Crippen LogP) is 31.7. The number of furan rings is 2. The molecule has 8 heterocycles. The summed E-state index contributed by atoms with van der Waals surface area (Å²) in [5.41, 5.74) is 24.6. The first-order valence-electron chi connectivity index (χ1n) is 43.3. The van der Waals surface area contributed by atoms with Crippen molar-refractivity contribution in [2.24, 2.45) is 0 Å². The minimum atomic E-state index is -0.169. The number of thiophene rings is 1. The van der Waals surface area contributed by atoms with Gasteiger partial charge in [-0.1, -0.05) is 354 Å². The first kappa shape index (κ1) is 74.1. The Kier molecular flexibility index (Phi) is 17.3. The van der Waals surface area contributed by atoms with E-state index in [0.717, 1.165) is 166 Å². The minimum absolute atomic E-state index is 0.169. The summed E-state index contributed by atoms with van der Waals surface area (Å²) in [6, 6.07) is 145. The lowest BCUT2D eigenvalue weighted by Crippen LogP contribution is -2.31. The molecule has 7 aromatic heterocycles. The van der Waals surface area contributed by atoms with E-state index in [1.54, 1.807) is 0 Å². The van der Waals surface area contributed by atoms with Gasteiger partial charge in [0.15, 0.2) is 5.82 Å². The number of anilines is 3. The van der Waals surface area contributed by atoms with Gasteiger partial charge in [-0.2, -0.15) is 0 Å². The topological polar surface area (TPSA) is 112 Å². The molecule has 0 unspecified atom stereocenters. The fraction of sp³-hybridized carbons (Fsp3) is 0.0256. The number of fused-ring (bicyclic) bond motifs is 26. The third kappa shape index (κ3) is 12.1. The van der Waals surface area contributed by atoms with Gasteiger partial charge in [0.05, 0.1) is 66.8 Å². The zero-order chi connectivity index (χ0) is 84.7. The smallest absolute Gasteiger partial charge is 0.235 e. The van der Waals surface area contributed by atoms with Crippen LogP contribution in [0.25, 0.3) is 224 Å². The van der Waals surface area contributed by atoms with Gasteiger partial charge in [0.2, 0.25) is 11.9 Å². The van der Waals surface area contributed by atoms with Crippen LogP contribution in [0.3, 0.4) is 0 Å². The van der Waals surface area contributed by atoms with Crippen LogP contribution in [0.4, 0.5) is 17.3 Å². The SMILES string of the molecule is CC1(C)c2ccccc2N(c2nc(-c3ccccc3)c3ccc4oc5c6ccccc6ccc5c4c3n2)c2ccccc21.c1ccc(-c2ccc(-c3ccc(-c4nc(-c5ccccc5)c5ccc6sc7c8ccccc8ccc7c6c5n4)cc3)cc2)cc1.c1ccc(-c2nc(-n3c4ccccc4c4ccccc43)nc3c2ccc2oc4c5ccccc5ccc4c23)cc1. The highest BCUT2D eigenvalue weighted by Gasteiger charge is 2.38. The van der Waals surface area contributed by atoms with Gasteiger partial charge >= 0.3 is 0 Å². The molecule has 0 amide bonds. The lowest BCUT2D eigenvalue weighted by atomic mass is 9.74. The lowest BCUT2D eigenvalue weighted by Gasteiger charge is -2.41. The van der Waals surface area contributed by atoms with E-state index >= 15 is 0 Å². The molecule has 128 heavy (non-hydrogen) atoms. The molecule has 0 atom stereocenters. The number of hydrogen-bond donors (Lipinski definition) is 0. The van der Waals surface area contributed by atoms with Crippen LogP contribution in [-0.4, -0.2) is 34.5 Å². The van der Waals surface area contributed by atoms with Gasteiger partial charge in [0, 0.05) is 96.3 Å². The number of para-hydroxylation sites is 4. The van der Waals surface area contributed by atoms with Crippen molar-refractivity contribution in [3.8, 4) is 73.4 Å². The number of hydrogen-bond acceptors (Lipinski definition) is 10. The van der Waals surface area contributed by atoms with Gasteiger partial charge < -0.3 is 8.83 Å². The van der Waals surface area contributed by atoms with Crippen molar-refractivity contribution in [2.75, 3.05) is 4.90 Å². The number of rotatable bonds is 8. The predicted molar refractivity (Wildman–Crippen MR) is 532 cm³/mol. The van der Waals surface area contributed by atoms with Crippen LogP contribution in [0.5, 0.6) is 0 Å². The Morgan fingerprint density at radius 3 is 1.11 bits per heavy atom. The quantitative estimate of drug-likeness (QED) is 0.147. The number of nitrogens with zero attached hydrogens (tertiary/aromatic N) is 8. The van der Waals surface area contributed by atoms with Crippen molar-refractivity contribution >= 4 is 180 Å². The van der Waals surface area contributed by atoms with Gasteiger partial charge in [-0.15, -0.1) is 11.3 Å². The van der Waals surface area contributed by atoms with Crippen LogP contribution >= 0.6 is 11.3 Å².